The zero-order valence-electron chi connectivity index (χ0n) is 14.6. The van der Waals surface area contributed by atoms with Crippen LogP contribution in [0, 0.1) is 0 Å². The quantitative estimate of drug-likeness (QED) is 0.421. The molecule has 4 nitrogen and oxygen atoms in total. The lowest BCUT2D eigenvalue weighted by atomic mass is 10.1. The summed E-state index contributed by atoms with van der Waals surface area (Å²) in [5, 5.41) is 0. The Bertz CT molecular complexity index is 1480. The van der Waals surface area contributed by atoms with Crippen molar-refractivity contribution in [2.24, 2.45) is 0 Å². The molecule has 3 heterocycles. The Morgan fingerprint density at radius 1 is 1.00 bits per heavy atom. The third kappa shape index (κ3) is 2.92. The Labute approximate surface area is 165 Å². The predicted molar refractivity (Wildman–Crippen MR) is 105 cm³/mol. The molecule has 29 heavy (non-hydrogen) atoms. The summed E-state index contributed by atoms with van der Waals surface area (Å²) in [6, 6.07) is 15.5. The Hall–Kier alpha value is -3.39. The van der Waals surface area contributed by atoms with Gasteiger partial charge in [-0.1, -0.05) is 41.7 Å². The number of halogens is 3. The number of thiazole rings is 1. The van der Waals surface area contributed by atoms with Gasteiger partial charge in [-0.15, -0.1) is 0 Å². The van der Waals surface area contributed by atoms with Gasteiger partial charge in [-0.2, -0.15) is 13.2 Å². The van der Waals surface area contributed by atoms with Crippen LogP contribution in [-0.4, -0.2) is 9.38 Å². The van der Waals surface area contributed by atoms with Crippen LogP contribution in [0.25, 0.3) is 33.4 Å². The van der Waals surface area contributed by atoms with E-state index >= 15 is 0 Å². The molecular weight excluding hydrogens is 401 g/mol. The standard InChI is InChI=1S/C21H11F3N2O2S/c22-21(23,24)14-6-2-1-5-13(14)17-10-9-12(28-17)11-18-19(27)26-16-8-4-3-7-15(16)25-20(26)29-18/h1-11H. The van der Waals surface area contributed by atoms with Gasteiger partial charge in [0.15, 0.2) is 4.96 Å². The monoisotopic (exact) mass is 412 g/mol. The molecule has 3 aromatic heterocycles. The number of furan rings is 1. The Balaban J connectivity index is 1.62. The van der Waals surface area contributed by atoms with E-state index in [1.807, 2.05) is 24.3 Å². The van der Waals surface area contributed by atoms with Gasteiger partial charge in [-0.3, -0.25) is 4.79 Å². The van der Waals surface area contributed by atoms with Crippen LogP contribution in [0.1, 0.15) is 11.3 Å². The molecule has 0 radical (unpaired) electrons. The first-order valence-corrected chi connectivity index (χ1v) is 9.41. The van der Waals surface area contributed by atoms with E-state index in [0.717, 1.165) is 11.6 Å². The van der Waals surface area contributed by atoms with Crippen molar-refractivity contribution >= 4 is 33.4 Å². The lowest BCUT2D eigenvalue weighted by Gasteiger charge is -2.10. The highest BCUT2D eigenvalue weighted by Crippen LogP contribution is 2.37. The smallest absolute Gasteiger partial charge is 0.417 e. The van der Waals surface area contributed by atoms with Gasteiger partial charge in [0.05, 0.1) is 16.6 Å². The molecule has 0 bridgehead atoms. The highest BCUT2D eigenvalue weighted by molar-refractivity contribution is 7.15. The zero-order valence-corrected chi connectivity index (χ0v) is 15.4. The van der Waals surface area contributed by atoms with Crippen LogP contribution in [0.5, 0.6) is 0 Å². The minimum atomic E-state index is -4.49. The normalized spacial score (nSPS) is 13.0. The SMILES string of the molecule is O=c1c(=Cc2ccc(-c3ccccc3C(F)(F)F)o2)sc2nc3ccccc3n12. The van der Waals surface area contributed by atoms with E-state index < -0.39 is 11.7 Å². The maximum absolute atomic E-state index is 13.3. The molecular formula is C21H11F3N2O2S. The first-order chi connectivity index (χ1) is 13.9. The van der Waals surface area contributed by atoms with Crippen molar-refractivity contribution in [3.8, 4) is 11.3 Å². The Morgan fingerprint density at radius 2 is 1.76 bits per heavy atom. The predicted octanol–water partition coefficient (Wildman–Crippen LogP) is 4.74. The highest BCUT2D eigenvalue weighted by Gasteiger charge is 2.34. The van der Waals surface area contributed by atoms with E-state index in [4.69, 9.17) is 4.42 Å². The number of para-hydroxylation sites is 2. The average molecular weight is 412 g/mol. The largest absolute Gasteiger partial charge is 0.457 e. The number of nitrogens with zero attached hydrogens (tertiary/aromatic N) is 2. The van der Waals surface area contributed by atoms with Crippen molar-refractivity contribution in [2.75, 3.05) is 0 Å². The fraction of sp³-hybridized carbons (Fsp3) is 0.0476. The second-order valence-corrected chi connectivity index (χ2v) is 7.39. The summed E-state index contributed by atoms with van der Waals surface area (Å²) < 4.78 is 47.3. The molecule has 0 saturated heterocycles. The van der Waals surface area contributed by atoms with Gasteiger partial charge in [0.1, 0.15) is 16.1 Å². The van der Waals surface area contributed by atoms with Gasteiger partial charge >= 0.3 is 6.18 Å². The van der Waals surface area contributed by atoms with E-state index in [1.165, 1.54) is 46.1 Å². The number of imidazole rings is 1. The van der Waals surface area contributed by atoms with Crippen LogP contribution in [-0.2, 0) is 6.18 Å². The number of rotatable bonds is 2. The van der Waals surface area contributed by atoms with Crippen LogP contribution in [0.15, 0.2) is 69.9 Å². The van der Waals surface area contributed by atoms with Gasteiger partial charge in [0.25, 0.3) is 5.56 Å². The highest BCUT2D eigenvalue weighted by atomic mass is 32.1. The van der Waals surface area contributed by atoms with Crippen molar-refractivity contribution in [1.29, 1.82) is 0 Å². The van der Waals surface area contributed by atoms with Crippen LogP contribution < -0.4 is 10.1 Å². The minimum Gasteiger partial charge on any atom is -0.457 e. The molecule has 0 spiro atoms. The number of hydrogen-bond donors (Lipinski definition) is 0. The molecule has 0 aliphatic rings. The lowest BCUT2D eigenvalue weighted by Crippen LogP contribution is -2.22. The molecule has 2 aromatic carbocycles. The number of aromatic nitrogens is 2. The molecule has 0 N–H and O–H groups in total. The molecule has 0 unspecified atom stereocenters. The van der Waals surface area contributed by atoms with Gasteiger partial charge in [0, 0.05) is 11.6 Å². The molecule has 8 heteroatoms. The molecule has 0 amide bonds. The summed E-state index contributed by atoms with van der Waals surface area (Å²) in [6.45, 7) is 0. The minimum absolute atomic E-state index is 0.0472. The number of hydrogen-bond acceptors (Lipinski definition) is 4. The fourth-order valence-electron chi connectivity index (χ4n) is 3.26. The summed E-state index contributed by atoms with van der Waals surface area (Å²) in [4.78, 5) is 17.8. The van der Waals surface area contributed by atoms with Crippen LogP contribution in [0.3, 0.4) is 0 Å². The average Bonchev–Trinajstić information content (AvgIpc) is 3.37. The second kappa shape index (κ2) is 6.31. The molecule has 0 fully saturated rings. The maximum Gasteiger partial charge on any atom is 0.417 e. The van der Waals surface area contributed by atoms with Crippen molar-refractivity contribution in [1.82, 2.24) is 9.38 Å². The summed E-state index contributed by atoms with van der Waals surface area (Å²) in [5.41, 5.74) is 0.377. The van der Waals surface area contributed by atoms with E-state index in [0.29, 0.717) is 20.8 Å². The first-order valence-electron chi connectivity index (χ1n) is 8.60. The van der Waals surface area contributed by atoms with Gasteiger partial charge in [-0.05, 0) is 30.3 Å². The van der Waals surface area contributed by atoms with E-state index in [-0.39, 0.29) is 16.9 Å². The topological polar surface area (TPSA) is 47.5 Å². The Kier molecular flexibility index (Phi) is 3.85. The third-order valence-corrected chi connectivity index (χ3v) is 5.51. The van der Waals surface area contributed by atoms with Crippen molar-refractivity contribution < 1.29 is 17.6 Å². The van der Waals surface area contributed by atoms with Crippen LogP contribution >= 0.6 is 11.3 Å². The van der Waals surface area contributed by atoms with Crippen LogP contribution in [0.4, 0.5) is 13.2 Å². The maximum atomic E-state index is 13.3. The second-order valence-electron chi connectivity index (χ2n) is 6.38. The molecule has 144 valence electrons. The summed E-state index contributed by atoms with van der Waals surface area (Å²) >= 11 is 1.20. The Morgan fingerprint density at radius 3 is 2.59 bits per heavy atom. The molecule has 5 rings (SSSR count). The number of alkyl halides is 3. The van der Waals surface area contributed by atoms with Gasteiger partial charge in [-0.25, -0.2) is 9.38 Å². The van der Waals surface area contributed by atoms with Crippen molar-refractivity contribution in [3.63, 3.8) is 0 Å². The van der Waals surface area contributed by atoms with Gasteiger partial charge in [0.2, 0.25) is 0 Å². The lowest BCUT2D eigenvalue weighted by molar-refractivity contribution is -0.137. The van der Waals surface area contributed by atoms with Crippen molar-refractivity contribution in [3.05, 3.63) is 86.9 Å². The molecule has 0 aliphatic heterocycles. The summed E-state index contributed by atoms with van der Waals surface area (Å²) in [5.74, 6) is 0.381. The number of fused-ring (bicyclic) bond motifs is 3. The molecule has 0 aliphatic carbocycles. The number of benzene rings is 2. The van der Waals surface area contributed by atoms with Crippen molar-refractivity contribution in [2.45, 2.75) is 6.18 Å². The first kappa shape index (κ1) is 17.7. The summed E-state index contributed by atoms with van der Waals surface area (Å²) in [7, 11) is 0. The molecule has 0 saturated carbocycles. The van der Waals surface area contributed by atoms with E-state index in [9.17, 15) is 18.0 Å². The van der Waals surface area contributed by atoms with Gasteiger partial charge < -0.3 is 4.42 Å². The summed E-state index contributed by atoms with van der Waals surface area (Å²) in [6.07, 6.45) is -2.97. The third-order valence-electron chi connectivity index (χ3n) is 4.54. The molecule has 5 aromatic rings. The van der Waals surface area contributed by atoms with E-state index in [1.54, 1.807) is 6.07 Å². The fourth-order valence-corrected chi connectivity index (χ4v) is 4.23. The molecule has 0 atom stereocenters. The van der Waals surface area contributed by atoms with Crippen LogP contribution in [0.2, 0.25) is 0 Å². The van der Waals surface area contributed by atoms with E-state index in [2.05, 4.69) is 4.98 Å². The zero-order chi connectivity index (χ0) is 20.2.